The van der Waals surface area contributed by atoms with E-state index in [4.69, 9.17) is 0 Å². The fraction of sp³-hybridized carbons (Fsp3) is 0.643. The van der Waals surface area contributed by atoms with Gasteiger partial charge in [-0.05, 0) is 25.8 Å². The standard InChI is InChI=1S/C14H21N5O2/c1-18-9-11(8-16-18)19-6-4-12(14(19)21)17-13(20)7-10-3-2-5-15-10/h8-10,12,15H,2-7H2,1H3,(H,17,20). The number of hydrogen-bond acceptors (Lipinski definition) is 4. The van der Waals surface area contributed by atoms with Gasteiger partial charge in [0.1, 0.15) is 6.04 Å². The van der Waals surface area contributed by atoms with Crippen molar-refractivity contribution in [3.63, 3.8) is 0 Å². The summed E-state index contributed by atoms with van der Waals surface area (Å²) in [7, 11) is 1.82. The molecular formula is C14H21N5O2. The summed E-state index contributed by atoms with van der Waals surface area (Å²) in [5.41, 5.74) is 0.789. The first kappa shape index (κ1) is 14.1. The first-order valence-corrected chi connectivity index (χ1v) is 7.46. The molecule has 0 radical (unpaired) electrons. The molecule has 3 rings (SSSR count). The number of aromatic nitrogens is 2. The number of rotatable bonds is 4. The number of carbonyl (C=O) groups is 2. The highest BCUT2D eigenvalue weighted by atomic mass is 16.2. The van der Waals surface area contributed by atoms with E-state index < -0.39 is 6.04 Å². The van der Waals surface area contributed by atoms with Gasteiger partial charge in [0.25, 0.3) is 0 Å². The van der Waals surface area contributed by atoms with Crippen molar-refractivity contribution in [1.29, 1.82) is 0 Å². The van der Waals surface area contributed by atoms with E-state index in [0.717, 1.165) is 25.1 Å². The third-order valence-corrected chi connectivity index (χ3v) is 4.14. The summed E-state index contributed by atoms with van der Waals surface area (Å²) in [4.78, 5) is 26.0. The maximum Gasteiger partial charge on any atom is 0.249 e. The van der Waals surface area contributed by atoms with E-state index >= 15 is 0 Å². The summed E-state index contributed by atoms with van der Waals surface area (Å²) in [6.07, 6.45) is 6.74. The zero-order chi connectivity index (χ0) is 14.8. The largest absolute Gasteiger partial charge is 0.344 e. The molecule has 0 aromatic carbocycles. The minimum absolute atomic E-state index is 0.0409. The lowest BCUT2D eigenvalue weighted by Crippen LogP contribution is -2.43. The van der Waals surface area contributed by atoms with E-state index in [9.17, 15) is 9.59 Å². The molecule has 2 aliphatic rings. The average Bonchev–Trinajstić information content (AvgIpc) is 3.14. The fourth-order valence-corrected chi connectivity index (χ4v) is 3.03. The Morgan fingerprint density at radius 3 is 3.05 bits per heavy atom. The van der Waals surface area contributed by atoms with Crippen LogP contribution < -0.4 is 15.5 Å². The van der Waals surface area contributed by atoms with Crippen molar-refractivity contribution in [2.24, 2.45) is 7.05 Å². The van der Waals surface area contributed by atoms with Crippen LogP contribution >= 0.6 is 0 Å². The summed E-state index contributed by atoms with van der Waals surface area (Å²) < 4.78 is 1.67. The van der Waals surface area contributed by atoms with E-state index in [0.29, 0.717) is 19.4 Å². The van der Waals surface area contributed by atoms with E-state index in [1.54, 1.807) is 15.8 Å². The highest BCUT2D eigenvalue weighted by molar-refractivity contribution is 6.01. The second-order valence-electron chi connectivity index (χ2n) is 5.77. The van der Waals surface area contributed by atoms with Crippen LogP contribution in [0.2, 0.25) is 0 Å². The lowest BCUT2D eigenvalue weighted by atomic mass is 10.1. The van der Waals surface area contributed by atoms with Crippen molar-refractivity contribution >= 4 is 17.5 Å². The van der Waals surface area contributed by atoms with Gasteiger partial charge in [-0.3, -0.25) is 14.3 Å². The molecule has 2 fully saturated rings. The summed E-state index contributed by atoms with van der Waals surface area (Å²) in [5, 5.41) is 10.2. The molecule has 7 heteroatoms. The molecule has 114 valence electrons. The molecule has 0 spiro atoms. The van der Waals surface area contributed by atoms with Crippen LogP contribution in [-0.4, -0.2) is 46.8 Å². The second kappa shape index (κ2) is 5.85. The minimum atomic E-state index is -0.404. The number of aryl methyl sites for hydroxylation is 1. The maximum atomic E-state index is 12.3. The van der Waals surface area contributed by atoms with Crippen molar-refractivity contribution < 1.29 is 9.59 Å². The molecule has 2 aliphatic heterocycles. The van der Waals surface area contributed by atoms with Crippen molar-refractivity contribution in [2.45, 2.75) is 37.8 Å². The Balaban J connectivity index is 1.55. The van der Waals surface area contributed by atoms with Gasteiger partial charge in [0.2, 0.25) is 11.8 Å². The van der Waals surface area contributed by atoms with Gasteiger partial charge >= 0.3 is 0 Å². The molecular weight excluding hydrogens is 270 g/mol. The Morgan fingerprint density at radius 2 is 2.38 bits per heavy atom. The highest BCUT2D eigenvalue weighted by Crippen LogP contribution is 2.20. The molecule has 1 aromatic heterocycles. The zero-order valence-electron chi connectivity index (χ0n) is 12.2. The number of hydrogen-bond donors (Lipinski definition) is 2. The van der Waals surface area contributed by atoms with Crippen LogP contribution in [0.15, 0.2) is 12.4 Å². The summed E-state index contributed by atoms with van der Waals surface area (Å²) in [6.45, 7) is 1.60. The third-order valence-electron chi connectivity index (χ3n) is 4.14. The molecule has 7 nitrogen and oxygen atoms in total. The van der Waals surface area contributed by atoms with Crippen molar-refractivity contribution in [2.75, 3.05) is 18.0 Å². The Morgan fingerprint density at radius 1 is 1.52 bits per heavy atom. The van der Waals surface area contributed by atoms with Crippen LogP contribution in [0.3, 0.4) is 0 Å². The fourth-order valence-electron chi connectivity index (χ4n) is 3.03. The molecule has 2 atom stereocenters. The quantitative estimate of drug-likeness (QED) is 0.804. The predicted molar refractivity (Wildman–Crippen MR) is 77.8 cm³/mol. The topological polar surface area (TPSA) is 79.3 Å². The van der Waals surface area contributed by atoms with Gasteiger partial charge in [0.05, 0.1) is 11.9 Å². The lowest BCUT2D eigenvalue weighted by molar-refractivity contribution is -0.126. The van der Waals surface area contributed by atoms with Crippen LogP contribution in [0.25, 0.3) is 0 Å². The second-order valence-corrected chi connectivity index (χ2v) is 5.77. The number of carbonyl (C=O) groups excluding carboxylic acids is 2. The Bertz CT molecular complexity index is 535. The molecule has 2 unspecified atom stereocenters. The van der Waals surface area contributed by atoms with Gasteiger partial charge in [0.15, 0.2) is 0 Å². The molecule has 1 aromatic rings. The van der Waals surface area contributed by atoms with Crippen LogP contribution in [0.1, 0.15) is 25.7 Å². The molecule has 2 N–H and O–H groups in total. The lowest BCUT2D eigenvalue weighted by Gasteiger charge is -2.16. The van der Waals surface area contributed by atoms with E-state index in [-0.39, 0.29) is 17.9 Å². The molecule has 2 amide bonds. The summed E-state index contributed by atoms with van der Waals surface area (Å²) in [6, 6.07) is -0.143. The number of nitrogens with one attached hydrogen (secondary N) is 2. The van der Waals surface area contributed by atoms with Gasteiger partial charge in [-0.25, -0.2) is 0 Å². The first-order chi connectivity index (χ1) is 10.1. The Labute approximate surface area is 123 Å². The van der Waals surface area contributed by atoms with Gasteiger partial charge in [-0.15, -0.1) is 0 Å². The molecule has 0 saturated carbocycles. The zero-order valence-corrected chi connectivity index (χ0v) is 12.2. The third kappa shape index (κ3) is 3.07. The molecule has 3 heterocycles. The van der Waals surface area contributed by atoms with Gasteiger partial charge < -0.3 is 15.5 Å². The Hall–Kier alpha value is -1.89. The number of nitrogens with zero attached hydrogens (tertiary/aromatic N) is 3. The van der Waals surface area contributed by atoms with Crippen LogP contribution in [0, 0.1) is 0 Å². The van der Waals surface area contributed by atoms with E-state index in [1.165, 1.54) is 0 Å². The minimum Gasteiger partial charge on any atom is -0.344 e. The molecule has 21 heavy (non-hydrogen) atoms. The van der Waals surface area contributed by atoms with E-state index in [2.05, 4.69) is 15.7 Å². The van der Waals surface area contributed by atoms with E-state index in [1.807, 2.05) is 13.2 Å². The van der Waals surface area contributed by atoms with Crippen molar-refractivity contribution in [3.05, 3.63) is 12.4 Å². The normalized spacial score (nSPS) is 25.6. The monoisotopic (exact) mass is 291 g/mol. The summed E-state index contributed by atoms with van der Waals surface area (Å²) in [5.74, 6) is -0.0866. The smallest absolute Gasteiger partial charge is 0.249 e. The maximum absolute atomic E-state index is 12.3. The number of anilines is 1. The highest BCUT2D eigenvalue weighted by Gasteiger charge is 2.34. The van der Waals surface area contributed by atoms with Gasteiger partial charge in [-0.2, -0.15) is 5.10 Å². The molecule has 2 saturated heterocycles. The Kier molecular flexibility index (Phi) is 3.92. The predicted octanol–water partition coefficient (Wildman–Crippen LogP) is -0.216. The van der Waals surface area contributed by atoms with Crippen LogP contribution in [-0.2, 0) is 16.6 Å². The van der Waals surface area contributed by atoms with Crippen LogP contribution in [0.5, 0.6) is 0 Å². The number of amides is 2. The molecule has 0 bridgehead atoms. The van der Waals surface area contributed by atoms with Gasteiger partial charge in [-0.1, -0.05) is 0 Å². The summed E-state index contributed by atoms with van der Waals surface area (Å²) >= 11 is 0. The molecule has 0 aliphatic carbocycles. The van der Waals surface area contributed by atoms with Crippen LogP contribution in [0.4, 0.5) is 5.69 Å². The SMILES string of the molecule is Cn1cc(N2CCC(NC(=O)CC3CCCN3)C2=O)cn1. The van der Waals surface area contributed by atoms with Crippen molar-refractivity contribution in [1.82, 2.24) is 20.4 Å². The van der Waals surface area contributed by atoms with Crippen molar-refractivity contribution in [3.8, 4) is 0 Å². The van der Waals surface area contributed by atoms with Gasteiger partial charge in [0, 0.05) is 32.3 Å². The first-order valence-electron chi connectivity index (χ1n) is 7.46. The average molecular weight is 291 g/mol.